The highest BCUT2D eigenvalue weighted by Gasteiger charge is 2.17. The number of carbonyl (C=O) groups is 1. The second kappa shape index (κ2) is 9.97. The normalized spacial score (nSPS) is 11.2. The summed E-state index contributed by atoms with van der Waals surface area (Å²) >= 11 is 0. The summed E-state index contributed by atoms with van der Waals surface area (Å²) < 4.78 is 51.1. The van der Waals surface area contributed by atoms with Gasteiger partial charge >= 0.3 is 0 Å². The number of anilines is 2. The van der Waals surface area contributed by atoms with Gasteiger partial charge in [0.15, 0.2) is 0 Å². The molecule has 2 N–H and O–H groups in total. The molecule has 3 aromatic carbocycles. The highest BCUT2D eigenvalue weighted by atomic mass is 32.2. The average molecular weight is 456 g/mol. The fraction of sp³-hybridized carbons (Fsp3) is 0.0870. The van der Waals surface area contributed by atoms with Crippen molar-refractivity contribution in [2.45, 2.75) is 4.90 Å². The van der Waals surface area contributed by atoms with Crippen molar-refractivity contribution in [3.8, 4) is 11.5 Å². The van der Waals surface area contributed by atoms with E-state index in [-0.39, 0.29) is 16.4 Å². The zero-order valence-electron chi connectivity index (χ0n) is 17.3. The molecule has 0 aliphatic rings. The van der Waals surface area contributed by atoms with E-state index in [1.807, 2.05) is 0 Å². The monoisotopic (exact) mass is 456 g/mol. The van der Waals surface area contributed by atoms with Crippen molar-refractivity contribution in [3.05, 3.63) is 84.2 Å². The van der Waals surface area contributed by atoms with Crippen LogP contribution in [0.2, 0.25) is 0 Å². The van der Waals surface area contributed by atoms with E-state index in [2.05, 4.69) is 10.0 Å². The van der Waals surface area contributed by atoms with Crippen LogP contribution in [0.1, 0.15) is 5.56 Å². The number of carbonyl (C=O) groups excluding carboxylic acids is 1. The minimum Gasteiger partial charge on any atom is -0.497 e. The van der Waals surface area contributed by atoms with Crippen LogP contribution in [0.5, 0.6) is 11.5 Å². The molecule has 32 heavy (non-hydrogen) atoms. The van der Waals surface area contributed by atoms with Crippen molar-refractivity contribution in [1.29, 1.82) is 0 Å². The number of sulfonamides is 1. The van der Waals surface area contributed by atoms with Crippen LogP contribution < -0.4 is 19.5 Å². The van der Waals surface area contributed by atoms with E-state index in [1.165, 1.54) is 62.8 Å². The van der Waals surface area contributed by atoms with E-state index in [0.717, 1.165) is 0 Å². The van der Waals surface area contributed by atoms with Gasteiger partial charge in [0.25, 0.3) is 10.0 Å². The van der Waals surface area contributed by atoms with Crippen molar-refractivity contribution in [2.75, 3.05) is 24.3 Å². The lowest BCUT2D eigenvalue weighted by Gasteiger charge is -2.13. The van der Waals surface area contributed by atoms with Gasteiger partial charge in [-0.15, -0.1) is 0 Å². The summed E-state index contributed by atoms with van der Waals surface area (Å²) in [6, 6.07) is 16.1. The Bertz CT molecular complexity index is 1220. The number of halogens is 1. The van der Waals surface area contributed by atoms with E-state index >= 15 is 0 Å². The summed E-state index contributed by atoms with van der Waals surface area (Å²) in [6.45, 7) is 0. The Hall–Kier alpha value is -3.85. The molecule has 9 heteroatoms. The van der Waals surface area contributed by atoms with Crippen LogP contribution in [0.4, 0.5) is 15.8 Å². The van der Waals surface area contributed by atoms with Gasteiger partial charge in [-0.05, 0) is 60.2 Å². The van der Waals surface area contributed by atoms with Gasteiger partial charge in [-0.3, -0.25) is 9.52 Å². The Morgan fingerprint density at radius 2 is 1.62 bits per heavy atom. The highest BCUT2D eigenvalue weighted by molar-refractivity contribution is 7.92. The van der Waals surface area contributed by atoms with Crippen molar-refractivity contribution in [1.82, 2.24) is 0 Å². The third kappa shape index (κ3) is 5.86. The third-order valence-electron chi connectivity index (χ3n) is 4.38. The lowest BCUT2D eigenvalue weighted by Crippen LogP contribution is -2.14. The summed E-state index contributed by atoms with van der Waals surface area (Å²) in [5.41, 5.74) is 1.35. The van der Waals surface area contributed by atoms with Crippen molar-refractivity contribution in [2.24, 2.45) is 0 Å². The van der Waals surface area contributed by atoms with Crippen LogP contribution in [0, 0.1) is 5.82 Å². The number of ether oxygens (including phenoxy) is 2. The SMILES string of the molecule is COc1ccc(NS(=O)(=O)c2ccc(NC(=O)/C=C/c3ccc(F)cc3)cc2)c(OC)c1. The molecule has 0 aromatic heterocycles. The number of hydrogen-bond acceptors (Lipinski definition) is 5. The van der Waals surface area contributed by atoms with Gasteiger partial charge in [0.2, 0.25) is 5.91 Å². The Kier molecular flexibility index (Phi) is 7.11. The van der Waals surface area contributed by atoms with Crippen LogP contribution in [0.15, 0.2) is 77.7 Å². The molecule has 0 radical (unpaired) electrons. The first-order chi connectivity index (χ1) is 15.3. The summed E-state index contributed by atoms with van der Waals surface area (Å²) in [4.78, 5) is 12.1. The highest BCUT2D eigenvalue weighted by Crippen LogP contribution is 2.31. The molecule has 1 amide bonds. The molecule has 0 aliphatic carbocycles. The van der Waals surface area contributed by atoms with Crippen LogP contribution in [0.3, 0.4) is 0 Å². The van der Waals surface area contributed by atoms with E-state index in [4.69, 9.17) is 9.47 Å². The zero-order chi connectivity index (χ0) is 23.1. The van der Waals surface area contributed by atoms with Crippen LogP contribution >= 0.6 is 0 Å². The Balaban J connectivity index is 1.67. The quantitative estimate of drug-likeness (QED) is 0.493. The molecule has 0 spiro atoms. The second-order valence-electron chi connectivity index (χ2n) is 6.57. The first-order valence-corrected chi connectivity index (χ1v) is 10.9. The smallest absolute Gasteiger partial charge is 0.262 e. The second-order valence-corrected chi connectivity index (χ2v) is 8.25. The maximum atomic E-state index is 12.9. The first-order valence-electron chi connectivity index (χ1n) is 9.40. The lowest BCUT2D eigenvalue weighted by atomic mass is 10.2. The van der Waals surface area contributed by atoms with Gasteiger partial charge in [0.05, 0.1) is 24.8 Å². The zero-order valence-corrected chi connectivity index (χ0v) is 18.1. The van der Waals surface area contributed by atoms with Gasteiger partial charge in [0, 0.05) is 17.8 Å². The molecule has 0 unspecified atom stereocenters. The summed E-state index contributed by atoms with van der Waals surface area (Å²) in [6.07, 6.45) is 2.84. The predicted molar refractivity (Wildman–Crippen MR) is 121 cm³/mol. The summed E-state index contributed by atoms with van der Waals surface area (Å²) in [5.74, 6) is 0.0655. The van der Waals surface area contributed by atoms with Gasteiger partial charge in [-0.1, -0.05) is 12.1 Å². The van der Waals surface area contributed by atoms with Crippen LogP contribution in [0.25, 0.3) is 6.08 Å². The molecule has 166 valence electrons. The fourth-order valence-electron chi connectivity index (χ4n) is 2.73. The number of benzene rings is 3. The lowest BCUT2D eigenvalue weighted by molar-refractivity contribution is -0.111. The molecular formula is C23H21FN2O5S. The topological polar surface area (TPSA) is 93.7 Å². The molecule has 0 aliphatic heterocycles. The number of methoxy groups -OCH3 is 2. The largest absolute Gasteiger partial charge is 0.497 e. The van der Waals surface area contributed by atoms with E-state index in [1.54, 1.807) is 30.3 Å². The standard InChI is InChI=1S/C23H21FN2O5S/c1-30-19-10-13-21(22(15-19)31-2)26-32(28,29)20-11-8-18(9-12-20)25-23(27)14-5-16-3-6-17(24)7-4-16/h3-15,26H,1-2H3,(H,25,27)/b14-5+. The summed E-state index contributed by atoms with van der Waals surface area (Å²) in [7, 11) is -0.966. The van der Waals surface area contributed by atoms with E-state index in [9.17, 15) is 17.6 Å². The number of hydrogen-bond donors (Lipinski definition) is 2. The minimum absolute atomic E-state index is 0.00947. The van der Waals surface area contributed by atoms with Crippen LogP contribution in [-0.2, 0) is 14.8 Å². The third-order valence-corrected chi connectivity index (χ3v) is 5.76. The van der Waals surface area contributed by atoms with Crippen molar-refractivity contribution in [3.63, 3.8) is 0 Å². The molecule has 3 rings (SSSR count). The molecule has 0 heterocycles. The molecule has 0 atom stereocenters. The molecule has 0 fully saturated rings. The van der Waals surface area contributed by atoms with Gasteiger partial charge in [-0.25, -0.2) is 12.8 Å². The molecule has 0 saturated heterocycles. The van der Waals surface area contributed by atoms with Crippen molar-refractivity contribution >= 4 is 33.4 Å². The molecule has 7 nitrogen and oxygen atoms in total. The number of rotatable bonds is 8. The minimum atomic E-state index is -3.89. The van der Waals surface area contributed by atoms with Gasteiger partial charge < -0.3 is 14.8 Å². The Labute approximate surface area is 185 Å². The van der Waals surface area contributed by atoms with Crippen LogP contribution in [-0.4, -0.2) is 28.5 Å². The fourth-order valence-corrected chi connectivity index (χ4v) is 3.80. The number of amides is 1. The van der Waals surface area contributed by atoms with E-state index in [0.29, 0.717) is 22.7 Å². The van der Waals surface area contributed by atoms with Crippen molar-refractivity contribution < 1.29 is 27.1 Å². The molecule has 3 aromatic rings. The van der Waals surface area contributed by atoms with E-state index < -0.39 is 15.9 Å². The van der Waals surface area contributed by atoms with Gasteiger partial charge in [-0.2, -0.15) is 0 Å². The van der Waals surface area contributed by atoms with Gasteiger partial charge in [0.1, 0.15) is 17.3 Å². The predicted octanol–water partition coefficient (Wildman–Crippen LogP) is 4.30. The first kappa shape index (κ1) is 22.8. The molecule has 0 bridgehead atoms. The molecule has 0 saturated carbocycles. The average Bonchev–Trinajstić information content (AvgIpc) is 2.79. The maximum absolute atomic E-state index is 12.9. The Morgan fingerprint density at radius 1 is 0.938 bits per heavy atom. The Morgan fingerprint density at radius 3 is 2.25 bits per heavy atom. The molecular weight excluding hydrogens is 435 g/mol. The number of nitrogens with one attached hydrogen (secondary N) is 2. The summed E-state index contributed by atoms with van der Waals surface area (Å²) in [5, 5.41) is 2.63. The maximum Gasteiger partial charge on any atom is 0.262 e.